The minimum absolute atomic E-state index is 0.0883. The van der Waals surface area contributed by atoms with Crippen molar-refractivity contribution in [3.05, 3.63) is 48.3 Å². The van der Waals surface area contributed by atoms with Crippen molar-refractivity contribution in [3.63, 3.8) is 0 Å². The van der Waals surface area contributed by atoms with Crippen LogP contribution < -0.4 is 9.47 Å². The number of ketones is 1. The Morgan fingerprint density at radius 2 is 1.94 bits per heavy atom. The first kappa shape index (κ1) is 23.0. The van der Waals surface area contributed by atoms with Gasteiger partial charge in [0.25, 0.3) is 0 Å². The van der Waals surface area contributed by atoms with Crippen molar-refractivity contribution in [3.8, 4) is 11.5 Å². The number of ether oxygens (including phenoxy) is 5. The number of carbonyl (C=O) groups is 3. The van der Waals surface area contributed by atoms with Crippen LogP contribution in [0.1, 0.15) is 32.8 Å². The largest absolute Gasteiger partial charge is 0.458 e. The summed E-state index contributed by atoms with van der Waals surface area (Å²) in [5.74, 6) is -1.03. The van der Waals surface area contributed by atoms with Crippen LogP contribution in [0.25, 0.3) is 0 Å². The van der Waals surface area contributed by atoms with Crippen LogP contribution in [0, 0.1) is 17.3 Å². The zero-order chi connectivity index (χ0) is 24.0. The van der Waals surface area contributed by atoms with E-state index >= 15 is 0 Å². The van der Waals surface area contributed by atoms with Gasteiger partial charge in [0.2, 0.25) is 12.6 Å². The zero-order valence-electron chi connectivity index (χ0n) is 19.2. The summed E-state index contributed by atoms with van der Waals surface area (Å²) in [6.07, 6.45) is 3.27. The van der Waals surface area contributed by atoms with Crippen LogP contribution in [0.5, 0.6) is 11.5 Å². The topological polar surface area (TPSA) is 97.4 Å². The number of Topliss-reactive ketones (excluding diaryl/α,β-unsaturated/α-hetero) is 1. The molecule has 1 aliphatic heterocycles. The SMILES string of the molecule is C=CCC12C=C(OC(C)=O)C(=O)C(OC)(C(Cc3ccc4c(c3)OCO4)C1C)C2OC(C)=O. The molecule has 0 amide bonds. The molecule has 4 rings (SSSR count). The molecule has 0 N–H and O–H groups in total. The number of fused-ring (bicyclic) bond motifs is 3. The monoisotopic (exact) mass is 456 g/mol. The summed E-state index contributed by atoms with van der Waals surface area (Å²) in [5.41, 5.74) is -1.47. The number of benzene rings is 1. The summed E-state index contributed by atoms with van der Waals surface area (Å²) < 4.78 is 28.0. The molecular weight excluding hydrogens is 428 g/mol. The van der Waals surface area contributed by atoms with Gasteiger partial charge >= 0.3 is 11.9 Å². The van der Waals surface area contributed by atoms with Crippen LogP contribution in [0.15, 0.2) is 42.7 Å². The second-order valence-electron chi connectivity index (χ2n) is 8.81. The maximum Gasteiger partial charge on any atom is 0.308 e. The van der Waals surface area contributed by atoms with E-state index in [0.29, 0.717) is 24.3 Å². The Bertz CT molecular complexity index is 1040. The molecule has 0 radical (unpaired) electrons. The molecule has 1 aromatic carbocycles. The molecule has 5 atom stereocenters. The number of esters is 2. The highest BCUT2D eigenvalue weighted by Gasteiger charge is 2.73. The third kappa shape index (κ3) is 3.44. The molecule has 5 unspecified atom stereocenters. The maximum atomic E-state index is 13.8. The van der Waals surface area contributed by atoms with Gasteiger partial charge in [-0.1, -0.05) is 19.1 Å². The van der Waals surface area contributed by atoms with Crippen LogP contribution in [0.3, 0.4) is 0 Å². The second-order valence-corrected chi connectivity index (χ2v) is 8.81. The van der Waals surface area contributed by atoms with E-state index in [1.807, 2.05) is 25.1 Å². The van der Waals surface area contributed by atoms with Crippen molar-refractivity contribution < 1.29 is 38.1 Å². The minimum atomic E-state index is -1.54. The number of methoxy groups -OCH3 is 1. The number of hydrogen-bond donors (Lipinski definition) is 0. The molecule has 0 saturated heterocycles. The molecule has 176 valence electrons. The summed E-state index contributed by atoms with van der Waals surface area (Å²) in [7, 11) is 1.43. The van der Waals surface area contributed by atoms with E-state index in [1.54, 1.807) is 12.2 Å². The smallest absolute Gasteiger partial charge is 0.308 e. The highest BCUT2D eigenvalue weighted by molar-refractivity contribution is 6.05. The van der Waals surface area contributed by atoms with Crippen LogP contribution in [-0.4, -0.2) is 43.3 Å². The summed E-state index contributed by atoms with van der Waals surface area (Å²) in [6, 6.07) is 5.63. The number of rotatable bonds is 7. The van der Waals surface area contributed by atoms with Crippen molar-refractivity contribution in [1.29, 1.82) is 0 Å². The Hall–Kier alpha value is -3.13. The van der Waals surface area contributed by atoms with Crippen molar-refractivity contribution in [2.24, 2.45) is 17.3 Å². The second kappa shape index (κ2) is 8.33. The predicted molar refractivity (Wildman–Crippen MR) is 116 cm³/mol. The van der Waals surface area contributed by atoms with Crippen LogP contribution in [-0.2, 0) is 35.0 Å². The molecule has 0 aromatic heterocycles. The first-order chi connectivity index (χ1) is 15.7. The Morgan fingerprint density at radius 3 is 2.58 bits per heavy atom. The molecule has 8 nitrogen and oxygen atoms in total. The van der Waals surface area contributed by atoms with Gasteiger partial charge in [-0.05, 0) is 42.5 Å². The quantitative estimate of drug-likeness (QED) is 0.456. The molecule has 2 bridgehead atoms. The average molecular weight is 456 g/mol. The first-order valence-electron chi connectivity index (χ1n) is 10.9. The number of allylic oxidation sites excluding steroid dienone is 1. The van der Waals surface area contributed by atoms with E-state index in [0.717, 1.165) is 5.56 Å². The standard InChI is InChI=1S/C25H28O8/c1-6-9-24-12-21(32-15(3)26)22(28)25(29-5,23(24)33-16(4)27)18(14(24)2)10-17-7-8-19-20(11-17)31-13-30-19/h6-8,11-12,14,18,23H,1,9-10,13H2,2-5H3. The van der Waals surface area contributed by atoms with Gasteiger partial charge in [-0.3, -0.25) is 14.4 Å². The van der Waals surface area contributed by atoms with Crippen LogP contribution in [0.2, 0.25) is 0 Å². The Balaban J connectivity index is 1.86. The Labute approximate surface area is 192 Å². The lowest BCUT2D eigenvalue weighted by atomic mass is 9.69. The average Bonchev–Trinajstić information content (AvgIpc) is 3.27. The molecule has 1 heterocycles. The van der Waals surface area contributed by atoms with E-state index in [9.17, 15) is 14.4 Å². The van der Waals surface area contributed by atoms with Gasteiger partial charge in [-0.25, -0.2) is 0 Å². The summed E-state index contributed by atoms with van der Waals surface area (Å²) in [4.78, 5) is 37.7. The molecular formula is C25H28O8. The van der Waals surface area contributed by atoms with Crippen molar-refractivity contribution in [1.82, 2.24) is 0 Å². The lowest BCUT2D eigenvalue weighted by Crippen LogP contribution is -2.60. The van der Waals surface area contributed by atoms with Gasteiger partial charge in [-0.2, -0.15) is 0 Å². The highest BCUT2D eigenvalue weighted by Crippen LogP contribution is 2.62. The molecule has 33 heavy (non-hydrogen) atoms. The van der Waals surface area contributed by atoms with Gasteiger partial charge in [0.05, 0.1) is 0 Å². The van der Waals surface area contributed by atoms with E-state index in [4.69, 9.17) is 23.7 Å². The Kier molecular flexibility index (Phi) is 5.82. The van der Waals surface area contributed by atoms with E-state index in [1.165, 1.54) is 21.0 Å². The Morgan fingerprint density at radius 1 is 1.21 bits per heavy atom. The van der Waals surface area contributed by atoms with Gasteiger partial charge in [0.1, 0.15) is 6.10 Å². The van der Waals surface area contributed by atoms with Gasteiger partial charge in [0.15, 0.2) is 22.9 Å². The number of carbonyl (C=O) groups excluding carboxylic acids is 3. The van der Waals surface area contributed by atoms with Gasteiger partial charge in [-0.15, -0.1) is 6.58 Å². The minimum Gasteiger partial charge on any atom is -0.458 e. The van der Waals surface area contributed by atoms with Gasteiger partial charge < -0.3 is 23.7 Å². The molecule has 8 heteroatoms. The fourth-order valence-corrected chi connectivity index (χ4v) is 5.77. The number of hydrogen-bond acceptors (Lipinski definition) is 8. The van der Waals surface area contributed by atoms with E-state index in [-0.39, 0.29) is 18.5 Å². The van der Waals surface area contributed by atoms with Crippen molar-refractivity contribution >= 4 is 17.7 Å². The van der Waals surface area contributed by atoms with Crippen LogP contribution in [0.4, 0.5) is 0 Å². The third-order valence-corrected chi connectivity index (χ3v) is 7.12. The fraction of sp³-hybridized carbons (Fsp3) is 0.480. The van der Waals surface area contributed by atoms with Crippen LogP contribution >= 0.6 is 0 Å². The van der Waals surface area contributed by atoms with E-state index < -0.39 is 40.8 Å². The molecule has 1 aromatic rings. The maximum absolute atomic E-state index is 13.8. The fourth-order valence-electron chi connectivity index (χ4n) is 5.77. The summed E-state index contributed by atoms with van der Waals surface area (Å²) >= 11 is 0. The van der Waals surface area contributed by atoms with Crippen molar-refractivity contribution in [2.45, 2.75) is 45.3 Å². The first-order valence-corrected chi connectivity index (χ1v) is 10.9. The summed E-state index contributed by atoms with van der Waals surface area (Å²) in [6.45, 7) is 8.58. The van der Waals surface area contributed by atoms with E-state index in [2.05, 4.69) is 6.58 Å². The molecule has 1 saturated carbocycles. The lowest BCUT2D eigenvalue weighted by molar-refractivity contribution is -0.186. The summed E-state index contributed by atoms with van der Waals surface area (Å²) in [5, 5.41) is 0. The molecule has 0 spiro atoms. The third-order valence-electron chi connectivity index (χ3n) is 7.12. The normalized spacial score (nSPS) is 31.7. The highest BCUT2D eigenvalue weighted by atomic mass is 16.7. The van der Waals surface area contributed by atoms with Gasteiger partial charge in [0, 0.05) is 32.3 Å². The lowest BCUT2D eigenvalue weighted by Gasteiger charge is -2.43. The predicted octanol–water partition coefficient (Wildman–Crippen LogP) is 3.13. The van der Waals surface area contributed by atoms with Crippen molar-refractivity contribution in [2.75, 3.05) is 13.9 Å². The molecule has 1 fully saturated rings. The molecule has 2 aliphatic carbocycles. The molecule has 3 aliphatic rings. The zero-order valence-corrected chi connectivity index (χ0v) is 19.2.